The largest absolute Gasteiger partial charge is 0.238 e. The number of nitrogens with one attached hydrogen (secondary N) is 1. The second-order valence-electron chi connectivity index (χ2n) is 6.48. The molecular formula is C18H23FN2O4S2. The summed E-state index contributed by atoms with van der Waals surface area (Å²) >= 11 is 0. The lowest BCUT2D eigenvalue weighted by Crippen LogP contribution is -2.36. The highest BCUT2D eigenvalue weighted by Gasteiger charge is 2.27. The fourth-order valence-corrected chi connectivity index (χ4v) is 4.22. The highest BCUT2D eigenvalue weighted by Crippen LogP contribution is 2.28. The number of rotatable bonds is 8. The molecule has 9 heteroatoms. The van der Waals surface area contributed by atoms with Gasteiger partial charge in [-0.2, -0.15) is 0 Å². The van der Waals surface area contributed by atoms with E-state index in [9.17, 15) is 21.2 Å². The fraction of sp³-hybridized carbons (Fsp3) is 0.333. The molecule has 2 aromatic rings. The molecule has 148 valence electrons. The zero-order valence-corrected chi connectivity index (χ0v) is 16.8. The topological polar surface area (TPSA) is 106 Å². The van der Waals surface area contributed by atoms with Crippen molar-refractivity contribution in [1.29, 1.82) is 0 Å². The maximum atomic E-state index is 14.9. The molecular weight excluding hydrogens is 391 g/mol. The van der Waals surface area contributed by atoms with E-state index in [0.717, 1.165) is 11.1 Å². The second kappa shape index (κ2) is 8.05. The number of hydrogen-bond acceptors (Lipinski definition) is 4. The summed E-state index contributed by atoms with van der Waals surface area (Å²) < 4.78 is 63.2. The zero-order chi connectivity index (χ0) is 20.3. The van der Waals surface area contributed by atoms with Gasteiger partial charge in [0.1, 0.15) is 5.67 Å². The summed E-state index contributed by atoms with van der Waals surface area (Å²) in [5.41, 5.74) is -0.0107. The van der Waals surface area contributed by atoms with Gasteiger partial charge in [-0.1, -0.05) is 43.3 Å². The molecule has 27 heavy (non-hydrogen) atoms. The molecule has 0 aliphatic carbocycles. The number of primary sulfonamides is 1. The first-order chi connectivity index (χ1) is 12.4. The summed E-state index contributed by atoms with van der Waals surface area (Å²) in [5, 5.41) is 5.07. The van der Waals surface area contributed by atoms with E-state index in [0.29, 0.717) is 12.0 Å². The lowest BCUT2D eigenvalue weighted by Gasteiger charge is -2.21. The molecule has 0 saturated carbocycles. The predicted octanol–water partition coefficient (Wildman–Crippen LogP) is 2.52. The lowest BCUT2D eigenvalue weighted by atomic mass is 9.95. The Morgan fingerprint density at radius 2 is 1.44 bits per heavy atom. The highest BCUT2D eigenvalue weighted by atomic mass is 32.2. The van der Waals surface area contributed by atoms with Crippen molar-refractivity contribution in [3.8, 4) is 11.1 Å². The summed E-state index contributed by atoms with van der Waals surface area (Å²) in [4.78, 5) is 0.0126. The molecule has 2 rings (SSSR count). The standard InChI is InChI=1S/C18H23FN2O4S2/c1-3-12-26(22,23)21-13-18(2,19)16-8-4-14(5-9-16)15-6-10-17(11-7-15)27(20,24)25/h4-11,21H,3,12-13H2,1-2H3,(H2,20,24,25)/t18-/m1/s1. The first-order valence-corrected chi connectivity index (χ1v) is 11.5. The van der Waals surface area contributed by atoms with Crippen LogP contribution in [0.3, 0.4) is 0 Å². The Labute approximate surface area is 159 Å². The Balaban J connectivity index is 2.16. The monoisotopic (exact) mass is 414 g/mol. The Morgan fingerprint density at radius 1 is 0.963 bits per heavy atom. The summed E-state index contributed by atoms with van der Waals surface area (Å²) in [6, 6.07) is 12.6. The normalized spacial score (nSPS) is 14.7. The van der Waals surface area contributed by atoms with E-state index < -0.39 is 25.7 Å². The van der Waals surface area contributed by atoms with Crippen LogP contribution in [-0.4, -0.2) is 29.1 Å². The molecule has 0 aliphatic heterocycles. The van der Waals surface area contributed by atoms with Gasteiger partial charge in [-0.05, 0) is 42.2 Å². The third kappa shape index (κ3) is 5.83. The van der Waals surface area contributed by atoms with E-state index in [1.165, 1.54) is 19.1 Å². The maximum absolute atomic E-state index is 14.9. The third-order valence-corrected chi connectivity index (χ3v) is 6.56. The minimum atomic E-state index is -3.76. The van der Waals surface area contributed by atoms with Crippen LogP contribution in [0.15, 0.2) is 53.4 Å². The number of sulfonamides is 2. The molecule has 0 radical (unpaired) electrons. The summed E-state index contributed by atoms with van der Waals surface area (Å²) in [6.45, 7) is 2.71. The summed E-state index contributed by atoms with van der Waals surface area (Å²) in [7, 11) is -7.25. The van der Waals surface area contributed by atoms with Crippen LogP contribution < -0.4 is 9.86 Å². The van der Waals surface area contributed by atoms with Crippen LogP contribution in [0.1, 0.15) is 25.8 Å². The Morgan fingerprint density at radius 3 is 1.89 bits per heavy atom. The van der Waals surface area contributed by atoms with Crippen molar-refractivity contribution < 1.29 is 21.2 Å². The summed E-state index contributed by atoms with van der Waals surface area (Å²) in [6.07, 6.45) is 0.456. The highest BCUT2D eigenvalue weighted by molar-refractivity contribution is 7.89. The van der Waals surface area contributed by atoms with Crippen molar-refractivity contribution in [2.75, 3.05) is 12.3 Å². The van der Waals surface area contributed by atoms with Gasteiger partial charge >= 0.3 is 0 Å². The van der Waals surface area contributed by atoms with E-state index in [1.54, 1.807) is 43.3 Å². The van der Waals surface area contributed by atoms with Crippen molar-refractivity contribution in [3.05, 3.63) is 54.1 Å². The van der Waals surface area contributed by atoms with Crippen molar-refractivity contribution in [2.24, 2.45) is 5.14 Å². The summed E-state index contributed by atoms with van der Waals surface area (Å²) in [5.74, 6) is -0.0451. The van der Waals surface area contributed by atoms with Gasteiger partial charge in [0.2, 0.25) is 20.0 Å². The molecule has 0 heterocycles. The van der Waals surface area contributed by atoms with Crippen LogP contribution >= 0.6 is 0 Å². The van der Waals surface area contributed by atoms with Gasteiger partial charge in [0.25, 0.3) is 0 Å². The van der Waals surface area contributed by atoms with Gasteiger partial charge in [0, 0.05) is 6.54 Å². The Bertz CT molecular complexity index is 985. The third-order valence-electron chi connectivity index (χ3n) is 4.10. The van der Waals surface area contributed by atoms with Crippen LogP contribution in [0, 0.1) is 0 Å². The van der Waals surface area contributed by atoms with Crippen molar-refractivity contribution in [1.82, 2.24) is 4.72 Å². The number of nitrogens with two attached hydrogens (primary N) is 1. The number of hydrogen-bond donors (Lipinski definition) is 2. The smallest absolute Gasteiger partial charge is 0.238 e. The van der Waals surface area contributed by atoms with Crippen LogP contribution in [0.5, 0.6) is 0 Å². The number of halogens is 1. The van der Waals surface area contributed by atoms with Crippen LogP contribution in [-0.2, 0) is 25.7 Å². The molecule has 0 aromatic heterocycles. The fourth-order valence-electron chi connectivity index (χ4n) is 2.54. The van der Waals surface area contributed by atoms with Crippen LogP contribution in [0.4, 0.5) is 4.39 Å². The molecule has 0 amide bonds. The first-order valence-electron chi connectivity index (χ1n) is 8.35. The minimum absolute atomic E-state index is 0.0126. The van der Waals surface area contributed by atoms with Crippen molar-refractivity contribution in [2.45, 2.75) is 30.8 Å². The minimum Gasteiger partial charge on any atom is -0.238 e. The number of alkyl halides is 1. The van der Waals surface area contributed by atoms with Crippen LogP contribution in [0.25, 0.3) is 11.1 Å². The average molecular weight is 415 g/mol. The molecule has 3 N–H and O–H groups in total. The molecule has 1 atom stereocenters. The van der Waals surface area contributed by atoms with Gasteiger partial charge < -0.3 is 0 Å². The molecule has 6 nitrogen and oxygen atoms in total. The maximum Gasteiger partial charge on any atom is 0.238 e. The van der Waals surface area contributed by atoms with Gasteiger partial charge in [0.15, 0.2) is 0 Å². The average Bonchev–Trinajstić information content (AvgIpc) is 2.60. The predicted molar refractivity (Wildman–Crippen MR) is 104 cm³/mol. The van der Waals surface area contributed by atoms with E-state index >= 15 is 0 Å². The molecule has 2 aromatic carbocycles. The van der Waals surface area contributed by atoms with E-state index in [1.807, 2.05) is 0 Å². The van der Waals surface area contributed by atoms with Crippen molar-refractivity contribution >= 4 is 20.0 Å². The van der Waals surface area contributed by atoms with Gasteiger partial charge in [-0.15, -0.1) is 0 Å². The number of benzene rings is 2. The Kier molecular flexibility index (Phi) is 6.41. The van der Waals surface area contributed by atoms with Gasteiger partial charge in [-0.3, -0.25) is 0 Å². The first kappa shape index (κ1) is 21.5. The SMILES string of the molecule is CCCS(=O)(=O)NC[C@@](C)(F)c1ccc(-c2ccc(S(N)(=O)=O)cc2)cc1. The van der Waals surface area contributed by atoms with Crippen LogP contribution in [0.2, 0.25) is 0 Å². The molecule has 0 spiro atoms. The lowest BCUT2D eigenvalue weighted by molar-refractivity contribution is 0.196. The zero-order valence-electron chi connectivity index (χ0n) is 15.1. The quantitative estimate of drug-likeness (QED) is 0.692. The van der Waals surface area contributed by atoms with E-state index in [2.05, 4.69) is 4.72 Å². The molecule has 0 aliphatic rings. The molecule has 0 unspecified atom stereocenters. The molecule has 0 bridgehead atoms. The van der Waals surface area contributed by atoms with E-state index in [4.69, 9.17) is 5.14 Å². The van der Waals surface area contributed by atoms with Crippen molar-refractivity contribution in [3.63, 3.8) is 0 Å². The van der Waals surface area contributed by atoms with Gasteiger partial charge in [0.05, 0.1) is 10.6 Å². The van der Waals surface area contributed by atoms with Gasteiger partial charge in [-0.25, -0.2) is 31.1 Å². The molecule has 0 saturated heterocycles. The Hall–Kier alpha value is -1.81. The second-order valence-corrected chi connectivity index (χ2v) is 9.97. The van der Waals surface area contributed by atoms with E-state index in [-0.39, 0.29) is 17.2 Å². The molecule has 0 fully saturated rings.